The van der Waals surface area contributed by atoms with Crippen LogP contribution in [-0.2, 0) is 4.79 Å². The Labute approximate surface area is 132 Å². The first-order valence-corrected chi connectivity index (χ1v) is 7.86. The van der Waals surface area contributed by atoms with Gasteiger partial charge in [0.2, 0.25) is 5.91 Å². The molecule has 0 saturated carbocycles. The van der Waals surface area contributed by atoms with Crippen LogP contribution in [-0.4, -0.2) is 44.7 Å². The maximum Gasteiger partial charge on any atom is 0.225 e. The average molecular weight is 306 g/mol. The number of amides is 1. The monoisotopic (exact) mass is 306 g/mol. The molecule has 1 heterocycles. The van der Waals surface area contributed by atoms with Crippen molar-refractivity contribution >= 4 is 11.6 Å². The fraction of sp³-hybridized carbons (Fsp3) is 0.588. The fourth-order valence-electron chi connectivity index (χ4n) is 2.65. The van der Waals surface area contributed by atoms with Gasteiger partial charge < -0.3 is 19.7 Å². The number of nitrogens with zero attached hydrogens (tertiary/aromatic N) is 1. The second kappa shape index (κ2) is 8.03. The third-order valence-corrected chi connectivity index (χ3v) is 4.17. The Balaban J connectivity index is 1.84. The van der Waals surface area contributed by atoms with Crippen molar-refractivity contribution in [2.75, 3.05) is 39.2 Å². The van der Waals surface area contributed by atoms with Crippen LogP contribution in [0.15, 0.2) is 18.2 Å². The lowest BCUT2D eigenvalue weighted by molar-refractivity contribution is -0.116. The number of hydrogen-bond acceptors (Lipinski definition) is 4. The molecule has 1 saturated heterocycles. The van der Waals surface area contributed by atoms with Crippen LogP contribution in [0.1, 0.15) is 26.2 Å². The minimum absolute atomic E-state index is 0.0222. The quantitative estimate of drug-likeness (QED) is 0.878. The number of rotatable bonds is 6. The van der Waals surface area contributed by atoms with Crippen molar-refractivity contribution in [3.05, 3.63) is 18.2 Å². The van der Waals surface area contributed by atoms with Crippen LogP contribution in [0, 0.1) is 5.92 Å². The van der Waals surface area contributed by atoms with Gasteiger partial charge in [-0.25, -0.2) is 0 Å². The predicted octanol–water partition coefficient (Wildman–Crippen LogP) is 2.76. The second-order valence-electron chi connectivity index (χ2n) is 5.92. The first-order valence-electron chi connectivity index (χ1n) is 7.86. The van der Waals surface area contributed by atoms with Gasteiger partial charge in [-0.1, -0.05) is 6.92 Å². The molecule has 0 aliphatic carbocycles. The van der Waals surface area contributed by atoms with Crippen molar-refractivity contribution in [1.82, 2.24) is 4.90 Å². The highest BCUT2D eigenvalue weighted by Crippen LogP contribution is 2.25. The van der Waals surface area contributed by atoms with E-state index < -0.39 is 0 Å². The third kappa shape index (κ3) is 4.91. The van der Waals surface area contributed by atoms with Crippen LogP contribution in [0.4, 0.5) is 5.69 Å². The van der Waals surface area contributed by atoms with Crippen molar-refractivity contribution in [3.63, 3.8) is 0 Å². The van der Waals surface area contributed by atoms with Crippen molar-refractivity contribution in [2.24, 2.45) is 5.92 Å². The van der Waals surface area contributed by atoms with E-state index in [2.05, 4.69) is 17.1 Å². The van der Waals surface area contributed by atoms with Gasteiger partial charge in [-0.15, -0.1) is 0 Å². The Morgan fingerprint density at radius 2 is 1.77 bits per heavy atom. The molecule has 0 unspecified atom stereocenters. The molecule has 1 aliphatic rings. The van der Waals surface area contributed by atoms with Gasteiger partial charge in [0.05, 0.1) is 14.2 Å². The summed E-state index contributed by atoms with van der Waals surface area (Å²) < 4.78 is 10.4. The number of methoxy groups -OCH3 is 2. The highest BCUT2D eigenvalue weighted by molar-refractivity contribution is 5.91. The summed E-state index contributed by atoms with van der Waals surface area (Å²) >= 11 is 0. The standard InChI is InChI=1S/C17H26N2O3/c1-13-4-7-19(8-5-13)9-6-17(20)18-14-10-15(21-2)12-16(11-14)22-3/h10-13H,4-9H2,1-3H3,(H,18,20). The highest BCUT2D eigenvalue weighted by Gasteiger charge is 2.16. The number of piperidine rings is 1. The van der Waals surface area contributed by atoms with Crippen LogP contribution >= 0.6 is 0 Å². The van der Waals surface area contributed by atoms with Gasteiger partial charge >= 0.3 is 0 Å². The van der Waals surface area contributed by atoms with Crippen molar-refractivity contribution < 1.29 is 14.3 Å². The van der Waals surface area contributed by atoms with Gasteiger partial charge in [0.1, 0.15) is 11.5 Å². The van der Waals surface area contributed by atoms with E-state index >= 15 is 0 Å². The molecule has 1 N–H and O–H groups in total. The van der Waals surface area contributed by atoms with E-state index in [4.69, 9.17) is 9.47 Å². The molecular weight excluding hydrogens is 280 g/mol. The molecule has 0 spiro atoms. The molecule has 122 valence electrons. The molecule has 1 amide bonds. The van der Waals surface area contributed by atoms with E-state index in [9.17, 15) is 4.79 Å². The molecule has 5 heteroatoms. The van der Waals surface area contributed by atoms with Gasteiger partial charge in [-0.3, -0.25) is 4.79 Å². The van der Waals surface area contributed by atoms with Crippen LogP contribution in [0.25, 0.3) is 0 Å². The van der Waals surface area contributed by atoms with Crippen molar-refractivity contribution in [3.8, 4) is 11.5 Å². The third-order valence-electron chi connectivity index (χ3n) is 4.17. The van der Waals surface area contributed by atoms with Gasteiger partial charge in [0, 0.05) is 36.9 Å². The van der Waals surface area contributed by atoms with E-state index in [-0.39, 0.29) is 5.91 Å². The largest absolute Gasteiger partial charge is 0.497 e. The number of carbonyl (C=O) groups is 1. The van der Waals surface area contributed by atoms with Crippen LogP contribution in [0.3, 0.4) is 0 Å². The number of likely N-dealkylation sites (tertiary alicyclic amines) is 1. The molecule has 1 aromatic carbocycles. The SMILES string of the molecule is COc1cc(NC(=O)CCN2CCC(C)CC2)cc(OC)c1. The van der Waals surface area contributed by atoms with Crippen LogP contribution < -0.4 is 14.8 Å². The Morgan fingerprint density at radius 3 is 2.32 bits per heavy atom. The molecule has 5 nitrogen and oxygen atoms in total. The number of hydrogen-bond donors (Lipinski definition) is 1. The van der Waals surface area contributed by atoms with Crippen LogP contribution in [0.2, 0.25) is 0 Å². The number of carbonyl (C=O) groups excluding carboxylic acids is 1. The summed E-state index contributed by atoms with van der Waals surface area (Å²) in [5.41, 5.74) is 0.702. The number of nitrogens with one attached hydrogen (secondary N) is 1. The molecule has 2 rings (SSSR count). The Morgan fingerprint density at radius 1 is 1.18 bits per heavy atom. The first kappa shape index (κ1) is 16.6. The summed E-state index contributed by atoms with van der Waals surface area (Å²) in [6.07, 6.45) is 2.97. The number of anilines is 1. The lowest BCUT2D eigenvalue weighted by Crippen LogP contribution is -2.35. The maximum absolute atomic E-state index is 12.1. The lowest BCUT2D eigenvalue weighted by atomic mass is 9.99. The second-order valence-corrected chi connectivity index (χ2v) is 5.92. The topological polar surface area (TPSA) is 50.8 Å². The molecule has 0 atom stereocenters. The summed E-state index contributed by atoms with van der Waals surface area (Å²) in [6.45, 7) is 5.31. The minimum atomic E-state index is 0.0222. The zero-order valence-electron chi connectivity index (χ0n) is 13.7. The summed E-state index contributed by atoms with van der Waals surface area (Å²) in [7, 11) is 3.19. The predicted molar refractivity (Wildman–Crippen MR) is 87.6 cm³/mol. The molecule has 0 radical (unpaired) electrons. The minimum Gasteiger partial charge on any atom is -0.497 e. The average Bonchev–Trinajstić information content (AvgIpc) is 2.54. The first-order chi connectivity index (χ1) is 10.6. The summed E-state index contributed by atoms with van der Waals surface area (Å²) in [6, 6.07) is 5.37. The van der Waals surface area contributed by atoms with Gasteiger partial charge in [0.15, 0.2) is 0 Å². The molecule has 1 aromatic rings. The smallest absolute Gasteiger partial charge is 0.225 e. The molecule has 0 aromatic heterocycles. The molecular formula is C17H26N2O3. The number of ether oxygens (including phenoxy) is 2. The Bertz CT molecular complexity index is 474. The van der Waals surface area contributed by atoms with E-state index in [0.717, 1.165) is 25.6 Å². The van der Waals surface area contributed by atoms with Crippen molar-refractivity contribution in [2.45, 2.75) is 26.2 Å². The van der Waals surface area contributed by atoms with Gasteiger partial charge in [-0.05, 0) is 31.8 Å². The van der Waals surface area contributed by atoms with Gasteiger partial charge in [0.25, 0.3) is 0 Å². The maximum atomic E-state index is 12.1. The van der Waals surface area contributed by atoms with E-state index in [0.29, 0.717) is 23.6 Å². The summed E-state index contributed by atoms with van der Waals surface area (Å²) in [5.74, 6) is 2.17. The van der Waals surface area contributed by atoms with Crippen LogP contribution in [0.5, 0.6) is 11.5 Å². The van der Waals surface area contributed by atoms with E-state index in [1.165, 1.54) is 12.8 Å². The molecule has 22 heavy (non-hydrogen) atoms. The Kier molecular flexibility index (Phi) is 6.07. The molecule has 1 fully saturated rings. The summed E-state index contributed by atoms with van der Waals surface area (Å²) in [5, 5.41) is 2.91. The molecule has 1 aliphatic heterocycles. The Hall–Kier alpha value is -1.75. The highest BCUT2D eigenvalue weighted by atomic mass is 16.5. The fourth-order valence-corrected chi connectivity index (χ4v) is 2.65. The normalized spacial score (nSPS) is 16.3. The molecule has 0 bridgehead atoms. The van der Waals surface area contributed by atoms with Crippen molar-refractivity contribution in [1.29, 1.82) is 0 Å². The number of benzene rings is 1. The zero-order chi connectivity index (χ0) is 15.9. The zero-order valence-corrected chi connectivity index (χ0v) is 13.7. The van der Waals surface area contributed by atoms with E-state index in [1.54, 1.807) is 32.4 Å². The lowest BCUT2D eigenvalue weighted by Gasteiger charge is -2.29. The van der Waals surface area contributed by atoms with E-state index in [1.807, 2.05) is 0 Å². The summed E-state index contributed by atoms with van der Waals surface area (Å²) in [4.78, 5) is 14.5. The van der Waals surface area contributed by atoms with Gasteiger partial charge in [-0.2, -0.15) is 0 Å².